The first-order chi connectivity index (χ1) is 7.49. The molecule has 0 spiro atoms. The Morgan fingerprint density at radius 2 is 1.88 bits per heavy atom. The molecular formula is C11H14N2O2S. The Bertz CT molecular complexity index is 389. The number of nitrogens with two attached hydrogens (primary N) is 1. The first-order valence-corrected chi connectivity index (χ1v) is 5.70. The van der Waals surface area contributed by atoms with Crippen molar-refractivity contribution in [1.82, 2.24) is 0 Å². The summed E-state index contributed by atoms with van der Waals surface area (Å²) in [5.41, 5.74) is 5.90. The molecule has 0 saturated heterocycles. The van der Waals surface area contributed by atoms with Crippen molar-refractivity contribution in [2.45, 2.75) is 24.0 Å². The van der Waals surface area contributed by atoms with Gasteiger partial charge in [0.05, 0.1) is 5.25 Å². The van der Waals surface area contributed by atoms with Crippen molar-refractivity contribution >= 4 is 29.3 Å². The quantitative estimate of drug-likeness (QED) is 0.783. The fraction of sp³-hybridized carbons (Fsp3) is 0.273. The van der Waals surface area contributed by atoms with Crippen LogP contribution in [0.3, 0.4) is 0 Å². The van der Waals surface area contributed by atoms with E-state index in [9.17, 15) is 9.59 Å². The van der Waals surface area contributed by atoms with Gasteiger partial charge in [0.1, 0.15) is 0 Å². The Morgan fingerprint density at radius 1 is 1.31 bits per heavy atom. The molecule has 0 fully saturated rings. The first-order valence-electron chi connectivity index (χ1n) is 4.82. The molecule has 0 radical (unpaired) electrons. The minimum Gasteiger partial charge on any atom is -0.369 e. The second kappa shape index (κ2) is 5.55. The van der Waals surface area contributed by atoms with E-state index in [1.54, 1.807) is 19.1 Å². The van der Waals surface area contributed by atoms with Crippen molar-refractivity contribution in [2.75, 3.05) is 5.32 Å². The van der Waals surface area contributed by atoms with Crippen LogP contribution in [0, 0.1) is 0 Å². The molecule has 3 N–H and O–H groups in total. The van der Waals surface area contributed by atoms with Gasteiger partial charge >= 0.3 is 0 Å². The molecule has 5 heteroatoms. The van der Waals surface area contributed by atoms with E-state index in [4.69, 9.17) is 5.73 Å². The highest BCUT2D eigenvalue weighted by molar-refractivity contribution is 8.00. The lowest BCUT2D eigenvalue weighted by Gasteiger charge is -2.07. The van der Waals surface area contributed by atoms with Gasteiger partial charge in [0.2, 0.25) is 11.8 Å². The Hall–Kier alpha value is -1.49. The van der Waals surface area contributed by atoms with Crippen LogP contribution in [-0.2, 0) is 9.59 Å². The van der Waals surface area contributed by atoms with Crippen molar-refractivity contribution in [3.05, 3.63) is 24.3 Å². The second-order valence-electron chi connectivity index (χ2n) is 3.37. The lowest BCUT2D eigenvalue weighted by Crippen LogP contribution is -2.22. The van der Waals surface area contributed by atoms with E-state index >= 15 is 0 Å². The van der Waals surface area contributed by atoms with E-state index in [-0.39, 0.29) is 17.1 Å². The minimum absolute atomic E-state index is 0.106. The van der Waals surface area contributed by atoms with E-state index < -0.39 is 0 Å². The molecule has 1 atom stereocenters. The number of anilines is 1. The number of nitrogens with one attached hydrogen (secondary N) is 1. The molecule has 0 bridgehead atoms. The molecule has 2 amide bonds. The molecule has 0 aliphatic rings. The van der Waals surface area contributed by atoms with Gasteiger partial charge in [0.25, 0.3) is 0 Å². The van der Waals surface area contributed by atoms with E-state index in [0.29, 0.717) is 0 Å². The summed E-state index contributed by atoms with van der Waals surface area (Å²) in [5, 5.41) is 2.41. The van der Waals surface area contributed by atoms with Gasteiger partial charge in [-0.05, 0) is 31.2 Å². The van der Waals surface area contributed by atoms with Gasteiger partial charge in [-0.1, -0.05) is 0 Å². The van der Waals surface area contributed by atoms with Crippen LogP contribution < -0.4 is 11.1 Å². The second-order valence-corrected chi connectivity index (χ2v) is 4.78. The summed E-state index contributed by atoms with van der Waals surface area (Å²) in [6.07, 6.45) is 0. The normalized spacial score (nSPS) is 11.9. The molecule has 0 saturated carbocycles. The van der Waals surface area contributed by atoms with E-state index in [1.165, 1.54) is 18.7 Å². The van der Waals surface area contributed by atoms with Gasteiger partial charge in [-0.25, -0.2) is 0 Å². The Morgan fingerprint density at radius 3 is 2.31 bits per heavy atom. The van der Waals surface area contributed by atoms with Crippen LogP contribution in [0.1, 0.15) is 13.8 Å². The van der Waals surface area contributed by atoms with Gasteiger partial charge in [0.15, 0.2) is 0 Å². The lowest BCUT2D eigenvalue weighted by molar-refractivity contribution is -0.117. The number of thioether (sulfide) groups is 1. The van der Waals surface area contributed by atoms with Crippen LogP contribution in [0.2, 0.25) is 0 Å². The fourth-order valence-corrected chi connectivity index (χ4v) is 1.90. The van der Waals surface area contributed by atoms with Crippen LogP contribution in [0.25, 0.3) is 0 Å². The summed E-state index contributed by atoms with van der Waals surface area (Å²) >= 11 is 1.39. The largest absolute Gasteiger partial charge is 0.369 e. The summed E-state index contributed by atoms with van der Waals surface area (Å²) < 4.78 is 0. The maximum Gasteiger partial charge on any atom is 0.230 e. The van der Waals surface area contributed by atoms with Crippen molar-refractivity contribution in [1.29, 1.82) is 0 Å². The van der Waals surface area contributed by atoms with Crippen LogP contribution in [0.4, 0.5) is 5.69 Å². The summed E-state index contributed by atoms with van der Waals surface area (Å²) in [6, 6.07) is 7.26. The van der Waals surface area contributed by atoms with Gasteiger partial charge in [-0.2, -0.15) is 0 Å². The molecule has 4 nitrogen and oxygen atoms in total. The maximum atomic E-state index is 10.9. The number of rotatable bonds is 4. The number of hydrogen-bond donors (Lipinski definition) is 2. The van der Waals surface area contributed by atoms with Crippen molar-refractivity contribution in [2.24, 2.45) is 5.73 Å². The molecule has 1 aromatic rings. The number of primary amides is 1. The Labute approximate surface area is 98.6 Å². The summed E-state index contributed by atoms with van der Waals surface area (Å²) in [7, 11) is 0. The van der Waals surface area contributed by atoms with Crippen molar-refractivity contribution in [3.63, 3.8) is 0 Å². The number of benzene rings is 1. The summed E-state index contributed by atoms with van der Waals surface area (Å²) in [5.74, 6) is -0.443. The lowest BCUT2D eigenvalue weighted by atomic mass is 10.3. The third-order valence-corrected chi connectivity index (χ3v) is 3.02. The minimum atomic E-state index is -0.337. The van der Waals surface area contributed by atoms with Crippen molar-refractivity contribution < 1.29 is 9.59 Å². The van der Waals surface area contributed by atoms with E-state index in [1.807, 2.05) is 12.1 Å². The first kappa shape index (κ1) is 12.6. The van der Waals surface area contributed by atoms with E-state index in [0.717, 1.165) is 10.6 Å². The van der Waals surface area contributed by atoms with Crippen LogP contribution in [0.5, 0.6) is 0 Å². The molecule has 0 aliphatic heterocycles. The molecule has 16 heavy (non-hydrogen) atoms. The number of carbonyl (C=O) groups is 2. The molecule has 0 aliphatic carbocycles. The molecule has 0 unspecified atom stereocenters. The zero-order chi connectivity index (χ0) is 12.1. The smallest absolute Gasteiger partial charge is 0.230 e. The Kier molecular flexibility index (Phi) is 4.37. The SMILES string of the molecule is CC(=O)Nc1ccc(S[C@@H](C)C(N)=O)cc1. The average Bonchev–Trinajstić information content (AvgIpc) is 2.20. The van der Waals surface area contributed by atoms with Gasteiger partial charge < -0.3 is 11.1 Å². The van der Waals surface area contributed by atoms with Gasteiger partial charge in [0, 0.05) is 17.5 Å². The predicted octanol–water partition coefficient (Wildman–Crippen LogP) is 1.61. The highest BCUT2D eigenvalue weighted by Crippen LogP contribution is 2.24. The molecule has 0 aromatic heterocycles. The number of carbonyl (C=O) groups excluding carboxylic acids is 2. The number of hydrogen-bond acceptors (Lipinski definition) is 3. The monoisotopic (exact) mass is 238 g/mol. The summed E-state index contributed by atoms with van der Waals surface area (Å²) in [4.78, 5) is 22.6. The van der Waals surface area contributed by atoms with Crippen LogP contribution in [-0.4, -0.2) is 17.1 Å². The standard InChI is InChI=1S/C11H14N2O2S/c1-7(11(12)15)16-10-5-3-9(4-6-10)13-8(2)14/h3-7H,1-2H3,(H2,12,15)(H,13,14)/t7-/m0/s1. The predicted molar refractivity (Wildman–Crippen MR) is 65.3 cm³/mol. The topological polar surface area (TPSA) is 72.2 Å². The van der Waals surface area contributed by atoms with Crippen molar-refractivity contribution in [3.8, 4) is 0 Å². The molecule has 1 rings (SSSR count). The van der Waals surface area contributed by atoms with Crippen LogP contribution >= 0.6 is 11.8 Å². The maximum absolute atomic E-state index is 10.9. The van der Waals surface area contributed by atoms with Gasteiger partial charge in [-0.3, -0.25) is 9.59 Å². The zero-order valence-corrected chi connectivity index (χ0v) is 10.0. The summed E-state index contributed by atoms with van der Waals surface area (Å²) in [6.45, 7) is 3.21. The zero-order valence-electron chi connectivity index (χ0n) is 9.19. The third kappa shape index (κ3) is 3.94. The molecule has 86 valence electrons. The third-order valence-electron chi connectivity index (χ3n) is 1.89. The molecular weight excluding hydrogens is 224 g/mol. The van der Waals surface area contributed by atoms with Crippen LogP contribution in [0.15, 0.2) is 29.2 Å². The average molecular weight is 238 g/mol. The van der Waals surface area contributed by atoms with Gasteiger partial charge in [-0.15, -0.1) is 11.8 Å². The highest BCUT2D eigenvalue weighted by atomic mass is 32.2. The highest BCUT2D eigenvalue weighted by Gasteiger charge is 2.09. The molecule has 0 heterocycles. The number of amides is 2. The van der Waals surface area contributed by atoms with E-state index in [2.05, 4.69) is 5.32 Å². The Balaban J connectivity index is 2.64. The molecule has 1 aromatic carbocycles. The fourth-order valence-electron chi connectivity index (χ4n) is 1.08.